The largest absolute Gasteiger partial charge is 0.302 e. The van der Waals surface area contributed by atoms with Crippen molar-refractivity contribution in [2.75, 3.05) is 14.1 Å². The predicted octanol–water partition coefficient (Wildman–Crippen LogP) is 1.48. The first kappa shape index (κ1) is 9.27. The van der Waals surface area contributed by atoms with E-state index in [-0.39, 0.29) is 0 Å². The average molecular weight is 173 g/mol. The van der Waals surface area contributed by atoms with Crippen molar-refractivity contribution >= 4 is 5.71 Å². The Morgan fingerprint density at radius 2 is 1.92 bits per heavy atom. The van der Waals surface area contributed by atoms with Crippen LogP contribution in [0.25, 0.3) is 0 Å². The number of hydrogen-bond donors (Lipinski definition) is 0. The summed E-state index contributed by atoms with van der Waals surface area (Å²) in [6.07, 6.45) is 0. The van der Waals surface area contributed by atoms with Gasteiger partial charge < -0.3 is 5.01 Å². The fraction of sp³-hybridized carbons (Fsp3) is 0.200. The first-order valence-corrected chi connectivity index (χ1v) is 3.95. The SMILES string of the molecule is CN(C)/N=C(/C#N)c1ccccc1. The Bertz CT molecular complexity index is 333. The third-order valence-corrected chi connectivity index (χ3v) is 1.45. The van der Waals surface area contributed by atoms with Gasteiger partial charge in [0, 0.05) is 19.7 Å². The Morgan fingerprint density at radius 1 is 1.31 bits per heavy atom. The Kier molecular flexibility index (Phi) is 3.04. The maximum atomic E-state index is 8.82. The van der Waals surface area contributed by atoms with E-state index in [0.717, 1.165) is 5.56 Å². The molecule has 1 aromatic rings. The van der Waals surface area contributed by atoms with Gasteiger partial charge in [-0.1, -0.05) is 30.3 Å². The Balaban J connectivity index is 3.00. The van der Waals surface area contributed by atoms with Crippen molar-refractivity contribution in [1.29, 1.82) is 5.26 Å². The first-order valence-electron chi connectivity index (χ1n) is 3.95. The highest BCUT2D eigenvalue weighted by Gasteiger charge is 2.00. The van der Waals surface area contributed by atoms with Crippen LogP contribution < -0.4 is 0 Å². The lowest BCUT2D eigenvalue weighted by atomic mass is 10.1. The molecule has 0 fully saturated rings. The van der Waals surface area contributed by atoms with Crippen LogP contribution in [0.3, 0.4) is 0 Å². The molecule has 0 unspecified atom stereocenters. The molecule has 66 valence electrons. The van der Waals surface area contributed by atoms with Crippen molar-refractivity contribution in [3.05, 3.63) is 35.9 Å². The quantitative estimate of drug-likeness (QED) is 0.502. The van der Waals surface area contributed by atoms with E-state index in [9.17, 15) is 0 Å². The highest BCUT2D eigenvalue weighted by Crippen LogP contribution is 2.00. The van der Waals surface area contributed by atoms with Crippen LogP contribution >= 0.6 is 0 Å². The summed E-state index contributed by atoms with van der Waals surface area (Å²) in [5, 5.41) is 14.5. The molecule has 0 saturated carbocycles. The van der Waals surface area contributed by atoms with Gasteiger partial charge in [0.1, 0.15) is 6.07 Å². The minimum Gasteiger partial charge on any atom is -0.302 e. The molecular weight excluding hydrogens is 162 g/mol. The van der Waals surface area contributed by atoms with Crippen molar-refractivity contribution in [2.24, 2.45) is 5.10 Å². The molecule has 0 heterocycles. The molecule has 0 atom stereocenters. The molecule has 0 bridgehead atoms. The number of nitrogens with zero attached hydrogens (tertiary/aromatic N) is 3. The molecule has 0 aliphatic heterocycles. The second-order valence-electron chi connectivity index (χ2n) is 2.77. The van der Waals surface area contributed by atoms with E-state index in [1.165, 1.54) is 0 Å². The first-order chi connectivity index (χ1) is 6.24. The van der Waals surface area contributed by atoms with Gasteiger partial charge >= 0.3 is 0 Å². The molecule has 3 heteroatoms. The minimum atomic E-state index is 0.436. The fourth-order valence-corrected chi connectivity index (χ4v) is 0.941. The second kappa shape index (κ2) is 4.27. The molecule has 1 rings (SSSR count). The maximum absolute atomic E-state index is 8.82. The fourth-order valence-electron chi connectivity index (χ4n) is 0.941. The highest BCUT2D eigenvalue weighted by atomic mass is 15.4. The van der Waals surface area contributed by atoms with E-state index >= 15 is 0 Å². The zero-order valence-corrected chi connectivity index (χ0v) is 7.73. The summed E-state index contributed by atoms with van der Waals surface area (Å²) in [6.45, 7) is 0. The summed E-state index contributed by atoms with van der Waals surface area (Å²) in [5.41, 5.74) is 1.28. The van der Waals surface area contributed by atoms with Crippen molar-refractivity contribution < 1.29 is 0 Å². The van der Waals surface area contributed by atoms with Crippen LogP contribution in [0.5, 0.6) is 0 Å². The number of hydrazone groups is 1. The average Bonchev–Trinajstić information content (AvgIpc) is 2.15. The standard InChI is InChI=1S/C10H11N3/c1-13(2)12-10(8-11)9-6-4-3-5-7-9/h3-7H,1-2H3/b12-10-. The van der Waals surface area contributed by atoms with E-state index < -0.39 is 0 Å². The molecule has 1 aromatic carbocycles. The van der Waals surface area contributed by atoms with E-state index in [4.69, 9.17) is 5.26 Å². The van der Waals surface area contributed by atoms with Crippen LogP contribution in [0, 0.1) is 11.3 Å². The zero-order chi connectivity index (χ0) is 9.68. The van der Waals surface area contributed by atoms with Crippen LogP contribution in [0.4, 0.5) is 0 Å². The number of nitriles is 1. The summed E-state index contributed by atoms with van der Waals surface area (Å²) >= 11 is 0. The third kappa shape index (κ3) is 2.60. The third-order valence-electron chi connectivity index (χ3n) is 1.45. The summed E-state index contributed by atoms with van der Waals surface area (Å²) in [6, 6.07) is 11.5. The monoisotopic (exact) mass is 173 g/mol. The van der Waals surface area contributed by atoms with Crippen molar-refractivity contribution in [3.8, 4) is 6.07 Å². The van der Waals surface area contributed by atoms with Gasteiger partial charge in [-0.25, -0.2) is 0 Å². The van der Waals surface area contributed by atoms with Crippen LogP contribution in [-0.2, 0) is 0 Å². The lowest BCUT2D eigenvalue weighted by Gasteiger charge is -2.04. The van der Waals surface area contributed by atoms with Crippen LogP contribution in [0.2, 0.25) is 0 Å². The van der Waals surface area contributed by atoms with Gasteiger partial charge in [-0.15, -0.1) is 0 Å². The molecule has 0 spiro atoms. The minimum absolute atomic E-state index is 0.436. The second-order valence-corrected chi connectivity index (χ2v) is 2.77. The summed E-state index contributed by atoms with van der Waals surface area (Å²) in [5.74, 6) is 0. The molecule has 0 radical (unpaired) electrons. The summed E-state index contributed by atoms with van der Waals surface area (Å²) < 4.78 is 0. The van der Waals surface area contributed by atoms with Crippen LogP contribution in [0.15, 0.2) is 35.4 Å². The van der Waals surface area contributed by atoms with E-state index in [1.807, 2.05) is 30.3 Å². The van der Waals surface area contributed by atoms with Crippen LogP contribution in [-0.4, -0.2) is 24.8 Å². The lowest BCUT2D eigenvalue weighted by molar-refractivity contribution is 0.439. The molecule has 0 N–H and O–H groups in total. The Labute approximate surface area is 77.9 Å². The molecule has 3 nitrogen and oxygen atoms in total. The van der Waals surface area contributed by atoms with Gasteiger partial charge in [0.25, 0.3) is 0 Å². The highest BCUT2D eigenvalue weighted by molar-refractivity contribution is 6.11. The summed E-state index contributed by atoms with van der Waals surface area (Å²) in [7, 11) is 3.58. The van der Waals surface area contributed by atoms with Gasteiger partial charge in [-0.3, -0.25) is 0 Å². The van der Waals surface area contributed by atoms with Crippen LogP contribution in [0.1, 0.15) is 5.56 Å². The van der Waals surface area contributed by atoms with Gasteiger partial charge in [0.05, 0.1) is 0 Å². The van der Waals surface area contributed by atoms with E-state index in [2.05, 4.69) is 11.2 Å². The van der Waals surface area contributed by atoms with Gasteiger partial charge in [0.15, 0.2) is 5.71 Å². The topological polar surface area (TPSA) is 39.4 Å². The summed E-state index contributed by atoms with van der Waals surface area (Å²) in [4.78, 5) is 0. The van der Waals surface area contributed by atoms with E-state index in [0.29, 0.717) is 5.71 Å². The van der Waals surface area contributed by atoms with Crippen molar-refractivity contribution in [3.63, 3.8) is 0 Å². The smallest absolute Gasteiger partial charge is 0.167 e. The molecule has 13 heavy (non-hydrogen) atoms. The predicted molar refractivity (Wildman–Crippen MR) is 52.3 cm³/mol. The normalized spacial score (nSPS) is 10.7. The van der Waals surface area contributed by atoms with E-state index in [1.54, 1.807) is 19.1 Å². The number of hydrogen-bond acceptors (Lipinski definition) is 3. The molecule has 0 aliphatic carbocycles. The van der Waals surface area contributed by atoms with Crippen molar-refractivity contribution in [1.82, 2.24) is 5.01 Å². The molecule has 0 aliphatic rings. The molecule has 0 aromatic heterocycles. The maximum Gasteiger partial charge on any atom is 0.167 e. The van der Waals surface area contributed by atoms with Gasteiger partial charge in [-0.2, -0.15) is 10.4 Å². The molecule has 0 saturated heterocycles. The van der Waals surface area contributed by atoms with Gasteiger partial charge in [-0.05, 0) is 0 Å². The zero-order valence-electron chi connectivity index (χ0n) is 7.73. The lowest BCUT2D eigenvalue weighted by Crippen LogP contribution is -2.08. The Morgan fingerprint density at radius 3 is 2.38 bits per heavy atom. The Hall–Kier alpha value is -1.82. The molecular formula is C10H11N3. The number of rotatable bonds is 2. The van der Waals surface area contributed by atoms with Gasteiger partial charge in [0.2, 0.25) is 0 Å². The van der Waals surface area contributed by atoms with Crippen molar-refractivity contribution in [2.45, 2.75) is 0 Å². The molecule has 0 amide bonds. The number of benzene rings is 1.